The summed E-state index contributed by atoms with van der Waals surface area (Å²) in [5, 5.41) is 0. The number of hydrogen-bond donors (Lipinski definition) is 1. The van der Waals surface area contributed by atoms with Crippen molar-refractivity contribution in [2.45, 2.75) is 53.5 Å². The average Bonchev–Trinajstić information content (AvgIpc) is 3.05. The van der Waals surface area contributed by atoms with Gasteiger partial charge in [-0.25, -0.2) is 4.79 Å². The van der Waals surface area contributed by atoms with E-state index in [1.54, 1.807) is 11.8 Å². The molecule has 2 aromatic carbocycles. The molecule has 0 aliphatic rings. The Morgan fingerprint density at radius 1 is 0.969 bits per heavy atom. The summed E-state index contributed by atoms with van der Waals surface area (Å²) in [4.78, 5) is 30.8. The number of aromatic amines is 1. The van der Waals surface area contributed by atoms with E-state index < -0.39 is 0 Å². The number of benzene rings is 2. The molecule has 5 nitrogen and oxygen atoms in total. The van der Waals surface area contributed by atoms with Crippen LogP contribution in [0, 0.1) is 13.8 Å². The van der Waals surface area contributed by atoms with Crippen molar-refractivity contribution in [2.75, 3.05) is 11.5 Å². The molecule has 1 heterocycles. The number of amides is 1. The molecule has 0 atom stereocenters. The maximum atomic E-state index is 13.6. The van der Waals surface area contributed by atoms with Gasteiger partial charge in [-0.1, -0.05) is 51.1 Å². The molecule has 3 aromatic rings. The van der Waals surface area contributed by atoms with E-state index in [0.29, 0.717) is 24.4 Å². The summed E-state index contributed by atoms with van der Waals surface area (Å²) in [6.45, 7) is 12.7. The minimum Gasteiger partial charge on any atom is -0.461 e. The van der Waals surface area contributed by atoms with Crippen LogP contribution in [-0.2, 0) is 16.7 Å². The van der Waals surface area contributed by atoms with Gasteiger partial charge in [0.1, 0.15) is 5.69 Å². The normalized spacial score (nSPS) is 11.3. The second-order valence-electron chi connectivity index (χ2n) is 9.00. The number of nitrogens with zero attached hydrogens (tertiary/aromatic N) is 1. The summed E-state index contributed by atoms with van der Waals surface area (Å²) in [5.41, 5.74) is 5.62. The summed E-state index contributed by atoms with van der Waals surface area (Å²) < 4.78 is 5.17. The Kier molecular flexibility index (Phi) is 6.87. The zero-order valence-electron chi connectivity index (χ0n) is 19.8. The molecule has 1 aromatic heterocycles. The van der Waals surface area contributed by atoms with Gasteiger partial charge in [0.2, 0.25) is 0 Å². The Labute approximate surface area is 190 Å². The van der Waals surface area contributed by atoms with Crippen LogP contribution in [0.5, 0.6) is 0 Å². The first-order valence-corrected chi connectivity index (χ1v) is 11.0. The van der Waals surface area contributed by atoms with Gasteiger partial charge in [-0.05, 0) is 67.1 Å². The molecule has 0 aliphatic heterocycles. The van der Waals surface area contributed by atoms with E-state index in [0.717, 1.165) is 22.5 Å². The predicted molar refractivity (Wildman–Crippen MR) is 128 cm³/mol. The molecule has 0 saturated carbocycles. The number of carbonyl (C=O) groups is 2. The summed E-state index contributed by atoms with van der Waals surface area (Å²) in [7, 11) is 0. The van der Waals surface area contributed by atoms with E-state index in [9.17, 15) is 9.59 Å². The monoisotopic (exact) mass is 432 g/mol. The van der Waals surface area contributed by atoms with Crippen LogP contribution in [0.25, 0.3) is 0 Å². The molecule has 5 heteroatoms. The Morgan fingerprint density at radius 3 is 2.16 bits per heavy atom. The Bertz CT molecular complexity index is 1090. The number of esters is 1. The van der Waals surface area contributed by atoms with Crippen molar-refractivity contribution in [2.24, 2.45) is 0 Å². The highest BCUT2D eigenvalue weighted by Crippen LogP contribution is 2.27. The van der Waals surface area contributed by atoms with E-state index in [1.807, 2.05) is 68.4 Å². The van der Waals surface area contributed by atoms with Crippen LogP contribution < -0.4 is 4.90 Å². The largest absolute Gasteiger partial charge is 0.461 e. The van der Waals surface area contributed by atoms with E-state index in [4.69, 9.17) is 4.74 Å². The SMILES string of the molecule is CCOC(=O)c1[nH]c(C)c(CN(C(=O)c2ccc(C(C)(C)C)cc2)c2ccccc2)c1C. The lowest BCUT2D eigenvalue weighted by atomic mass is 9.86. The van der Waals surface area contributed by atoms with Crippen LogP contribution in [0.15, 0.2) is 54.6 Å². The highest BCUT2D eigenvalue weighted by atomic mass is 16.5. The van der Waals surface area contributed by atoms with Crippen LogP contribution in [0.3, 0.4) is 0 Å². The lowest BCUT2D eigenvalue weighted by Gasteiger charge is -2.24. The molecule has 168 valence electrons. The van der Waals surface area contributed by atoms with Crippen molar-refractivity contribution < 1.29 is 14.3 Å². The summed E-state index contributed by atoms with van der Waals surface area (Å²) >= 11 is 0. The Hall–Kier alpha value is -3.34. The van der Waals surface area contributed by atoms with E-state index >= 15 is 0 Å². The summed E-state index contributed by atoms with van der Waals surface area (Å²) in [6.07, 6.45) is 0. The standard InChI is InChI=1S/C27H32N2O3/c1-7-32-26(31)24-18(2)23(19(3)28-24)17-29(22-11-9-8-10-12-22)25(30)20-13-15-21(16-14-20)27(4,5)6/h8-16,28H,7,17H2,1-6H3. The molecular weight excluding hydrogens is 400 g/mol. The fourth-order valence-corrected chi connectivity index (χ4v) is 3.75. The third-order valence-electron chi connectivity index (χ3n) is 5.70. The number of anilines is 1. The molecule has 0 spiro atoms. The predicted octanol–water partition coefficient (Wildman–Crippen LogP) is 5.95. The van der Waals surface area contributed by atoms with Crippen LogP contribution in [0.2, 0.25) is 0 Å². The van der Waals surface area contributed by atoms with Gasteiger partial charge >= 0.3 is 5.97 Å². The van der Waals surface area contributed by atoms with Crippen molar-refractivity contribution >= 4 is 17.6 Å². The van der Waals surface area contributed by atoms with Crippen LogP contribution in [0.1, 0.15) is 70.9 Å². The van der Waals surface area contributed by atoms with Crippen molar-refractivity contribution in [3.63, 3.8) is 0 Å². The van der Waals surface area contributed by atoms with Crippen LogP contribution in [-0.4, -0.2) is 23.5 Å². The Morgan fingerprint density at radius 2 is 1.59 bits per heavy atom. The van der Waals surface area contributed by atoms with Gasteiger partial charge in [0.25, 0.3) is 5.91 Å². The molecule has 0 unspecified atom stereocenters. The second-order valence-corrected chi connectivity index (χ2v) is 9.00. The molecule has 0 bridgehead atoms. The lowest BCUT2D eigenvalue weighted by Crippen LogP contribution is -2.31. The molecular formula is C27H32N2O3. The molecule has 0 aliphatic carbocycles. The summed E-state index contributed by atoms with van der Waals surface area (Å²) in [5.74, 6) is -0.468. The minimum atomic E-state index is -0.380. The van der Waals surface area contributed by atoms with E-state index in [-0.39, 0.29) is 17.3 Å². The fraction of sp³-hybridized carbons (Fsp3) is 0.333. The van der Waals surface area contributed by atoms with Gasteiger partial charge in [0.05, 0.1) is 13.2 Å². The van der Waals surface area contributed by atoms with Crippen molar-refractivity contribution in [3.8, 4) is 0 Å². The van der Waals surface area contributed by atoms with Gasteiger partial charge < -0.3 is 14.6 Å². The van der Waals surface area contributed by atoms with Crippen LogP contribution in [0.4, 0.5) is 5.69 Å². The molecule has 0 fully saturated rings. The first kappa shape index (κ1) is 23.3. The van der Waals surface area contributed by atoms with E-state index in [1.165, 1.54) is 5.56 Å². The number of ether oxygens (including phenoxy) is 1. The maximum Gasteiger partial charge on any atom is 0.355 e. The number of para-hydroxylation sites is 1. The zero-order chi connectivity index (χ0) is 23.5. The highest BCUT2D eigenvalue weighted by molar-refractivity contribution is 6.06. The lowest BCUT2D eigenvalue weighted by molar-refractivity contribution is 0.0519. The molecule has 0 saturated heterocycles. The summed E-state index contributed by atoms with van der Waals surface area (Å²) in [6, 6.07) is 17.4. The van der Waals surface area contributed by atoms with Gasteiger partial charge in [-0.15, -0.1) is 0 Å². The van der Waals surface area contributed by atoms with Gasteiger partial charge in [-0.3, -0.25) is 4.79 Å². The fourth-order valence-electron chi connectivity index (χ4n) is 3.75. The topological polar surface area (TPSA) is 62.4 Å². The van der Waals surface area contributed by atoms with Crippen LogP contribution >= 0.6 is 0 Å². The number of H-pyrrole nitrogens is 1. The second kappa shape index (κ2) is 9.43. The zero-order valence-corrected chi connectivity index (χ0v) is 19.8. The van der Waals surface area contributed by atoms with Gasteiger partial charge in [-0.2, -0.15) is 0 Å². The first-order chi connectivity index (χ1) is 15.1. The number of aromatic nitrogens is 1. The molecule has 1 amide bonds. The van der Waals surface area contributed by atoms with Gasteiger partial charge in [0.15, 0.2) is 0 Å². The number of nitrogens with one attached hydrogen (secondary N) is 1. The van der Waals surface area contributed by atoms with Crippen molar-refractivity contribution in [3.05, 3.63) is 88.2 Å². The molecule has 32 heavy (non-hydrogen) atoms. The smallest absolute Gasteiger partial charge is 0.355 e. The molecule has 1 N–H and O–H groups in total. The first-order valence-electron chi connectivity index (χ1n) is 11.0. The maximum absolute atomic E-state index is 13.6. The number of hydrogen-bond acceptors (Lipinski definition) is 3. The average molecular weight is 433 g/mol. The van der Waals surface area contributed by atoms with Crippen molar-refractivity contribution in [1.82, 2.24) is 4.98 Å². The van der Waals surface area contributed by atoms with E-state index in [2.05, 4.69) is 25.8 Å². The minimum absolute atomic E-state index is 0.0174. The number of aryl methyl sites for hydroxylation is 1. The number of rotatable bonds is 6. The highest BCUT2D eigenvalue weighted by Gasteiger charge is 2.24. The quantitative estimate of drug-likeness (QED) is 0.489. The third kappa shape index (κ3) is 4.93. The van der Waals surface area contributed by atoms with Crippen molar-refractivity contribution in [1.29, 1.82) is 0 Å². The molecule has 3 rings (SSSR count). The number of carbonyl (C=O) groups excluding carboxylic acids is 2. The Balaban J connectivity index is 1.98. The third-order valence-corrected chi connectivity index (χ3v) is 5.70. The molecule has 0 radical (unpaired) electrons. The van der Waals surface area contributed by atoms with Gasteiger partial charge in [0, 0.05) is 16.9 Å².